The molecule has 7 nitrogen and oxygen atoms in total. The number of carbonyl (C=O) groups is 3. The number of imide groups is 1. The first-order chi connectivity index (χ1) is 20.4. The average Bonchev–Trinajstić information content (AvgIpc) is 3.48. The summed E-state index contributed by atoms with van der Waals surface area (Å²) in [6, 6.07) is 27.7. The Kier molecular flexibility index (Phi) is 7.25. The Morgan fingerprint density at radius 2 is 1.43 bits per heavy atom. The van der Waals surface area contributed by atoms with Crippen LogP contribution in [0.5, 0.6) is 11.5 Å². The highest BCUT2D eigenvalue weighted by molar-refractivity contribution is 6.21. The summed E-state index contributed by atoms with van der Waals surface area (Å²) in [5, 5.41) is 0. The Bertz CT molecular complexity index is 1650. The van der Waals surface area contributed by atoms with Crippen LogP contribution in [0.2, 0.25) is 0 Å². The van der Waals surface area contributed by atoms with E-state index in [0.29, 0.717) is 40.4 Å². The number of hydrogen-bond donors (Lipinski definition) is 0. The maximum absolute atomic E-state index is 13.7. The van der Waals surface area contributed by atoms with Gasteiger partial charge in [-0.05, 0) is 73.7 Å². The van der Waals surface area contributed by atoms with Crippen LogP contribution in [0, 0.1) is 0 Å². The molecule has 0 radical (unpaired) electrons. The monoisotopic (exact) mass is 560 g/mol. The van der Waals surface area contributed by atoms with Gasteiger partial charge in [0.05, 0.1) is 36.9 Å². The van der Waals surface area contributed by atoms with Gasteiger partial charge in [0, 0.05) is 17.3 Å². The summed E-state index contributed by atoms with van der Waals surface area (Å²) in [6.07, 6.45) is 1.66. The number of aryl methyl sites for hydroxylation is 1. The van der Waals surface area contributed by atoms with Crippen LogP contribution >= 0.6 is 0 Å². The van der Waals surface area contributed by atoms with E-state index in [1.54, 1.807) is 42.3 Å². The number of amides is 3. The number of methoxy groups -OCH3 is 1. The minimum Gasteiger partial charge on any atom is -0.493 e. The van der Waals surface area contributed by atoms with E-state index in [1.165, 1.54) is 10.5 Å². The molecule has 0 bridgehead atoms. The fraction of sp³-hybridized carbons (Fsp3) is 0.229. The lowest BCUT2D eigenvalue weighted by atomic mass is 10.0. The lowest BCUT2D eigenvalue weighted by Gasteiger charge is -2.23. The second kappa shape index (κ2) is 11.2. The molecule has 0 aromatic heterocycles. The average molecular weight is 561 g/mol. The smallest absolute Gasteiger partial charge is 0.262 e. The van der Waals surface area contributed by atoms with E-state index in [0.717, 1.165) is 24.0 Å². The van der Waals surface area contributed by atoms with Crippen LogP contribution in [0.3, 0.4) is 0 Å². The summed E-state index contributed by atoms with van der Waals surface area (Å²) in [5.74, 6) is 0.404. The van der Waals surface area contributed by atoms with E-state index in [4.69, 9.17) is 9.47 Å². The van der Waals surface area contributed by atoms with Gasteiger partial charge in [-0.1, -0.05) is 54.6 Å². The van der Waals surface area contributed by atoms with Gasteiger partial charge in [0.1, 0.15) is 0 Å². The maximum atomic E-state index is 13.7. The zero-order chi connectivity index (χ0) is 29.4. The molecular weight excluding hydrogens is 528 g/mol. The SMILES string of the molecule is COc1ccc(N2Cc3ccc(C(C)N4C(=O)c5ccccc5C4=O)cc3C2=O)cc1OC(C)CCc1ccccc1. The Labute approximate surface area is 245 Å². The molecular formula is C35H32N2O5. The maximum Gasteiger partial charge on any atom is 0.262 e. The third-order valence-electron chi connectivity index (χ3n) is 8.10. The molecule has 0 saturated carbocycles. The third-order valence-corrected chi connectivity index (χ3v) is 8.10. The molecule has 2 atom stereocenters. The van der Waals surface area contributed by atoms with Gasteiger partial charge < -0.3 is 14.4 Å². The van der Waals surface area contributed by atoms with Gasteiger partial charge in [0.15, 0.2) is 11.5 Å². The van der Waals surface area contributed by atoms with Crippen LogP contribution in [0.4, 0.5) is 5.69 Å². The molecule has 2 unspecified atom stereocenters. The van der Waals surface area contributed by atoms with E-state index in [-0.39, 0.29) is 23.8 Å². The predicted molar refractivity (Wildman–Crippen MR) is 160 cm³/mol. The largest absolute Gasteiger partial charge is 0.493 e. The van der Waals surface area contributed by atoms with Gasteiger partial charge in [0.2, 0.25) is 0 Å². The van der Waals surface area contributed by atoms with Gasteiger partial charge in [0.25, 0.3) is 17.7 Å². The Morgan fingerprint density at radius 3 is 2.12 bits per heavy atom. The second-order valence-corrected chi connectivity index (χ2v) is 10.8. The summed E-state index contributed by atoms with van der Waals surface area (Å²) in [4.78, 5) is 42.7. The van der Waals surface area contributed by atoms with Gasteiger partial charge >= 0.3 is 0 Å². The van der Waals surface area contributed by atoms with Crippen LogP contribution in [0.15, 0.2) is 91.0 Å². The van der Waals surface area contributed by atoms with Crippen LogP contribution in [0.1, 0.15) is 74.1 Å². The number of benzene rings is 4. The first kappa shape index (κ1) is 27.3. The van der Waals surface area contributed by atoms with Crippen LogP contribution in [-0.4, -0.2) is 35.8 Å². The van der Waals surface area contributed by atoms with Crippen molar-refractivity contribution < 1.29 is 23.9 Å². The van der Waals surface area contributed by atoms with Crippen LogP contribution in [-0.2, 0) is 13.0 Å². The quantitative estimate of drug-likeness (QED) is 0.215. The normalized spacial score (nSPS) is 15.5. The minimum atomic E-state index is -0.525. The number of anilines is 1. The summed E-state index contributed by atoms with van der Waals surface area (Å²) in [6.45, 7) is 4.25. The zero-order valence-electron chi connectivity index (χ0n) is 23.9. The van der Waals surface area contributed by atoms with E-state index in [2.05, 4.69) is 12.1 Å². The zero-order valence-corrected chi connectivity index (χ0v) is 23.9. The van der Waals surface area contributed by atoms with Crippen molar-refractivity contribution in [3.05, 3.63) is 124 Å². The summed E-state index contributed by atoms with van der Waals surface area (Å²) < 4.78 is 11.9. The van der Waals surface area contributed by atoms with E-state index >= 15 is 0 Å². The summed E-state index contributed by atoms with van der Waals surface area (Å²) in [7, 11) is 1.60. The van der Waals surface area contributed by atoms with E-state index in [1.807, 2.05) is 62.4 Å². The third kappa shape index (κ3) is 4.91. The number of ether oxygens (including phenoxy) is 2. The highest BCUT2D eigenvalue weighted by Crippen LogP contribution is 2.38. The summed E-state index contributed by atoms with van der Waals surface area (Å²) in [5.41, 5.74) is 4.94. The van der Waals surface area contributed by atoms with Gasteiger partial charge in [-0.3, -0.25) is 19.3 Å². The molecule has 0 spiro atoms. The first-order valence-corrected chi connectivity index (χ1v) is 14.2. The van der Waals surface area contributed by atoms with Crippen molar-refractivity contribution in [2.75, 3.05) is 12.0 Å². The highest BCUT2D eigenvalue weighted by Gasteiger charge is 2.39. The molecule has 0 N–H and O–H groups in total. The number of nitrogens with zero attached hydrogens (tertiary/aromatic N) is 2. The van der Waals surface area contributed by atoms with Crippen molar-refractivity contribution in [1.29, 1.82) is 0 Å². The minimum absolute atomic E-state index is 0.0629. The topological polar surface area (TPSA) is 76.2 Å². The van der Waals surface area contributed by atoms with Crippen molar-refractivity contribution in [3.8, 4) is 11.5 Å². The number of rotatable bonds is 9. The standard InChI is InChI=1S/C35H32N2O5/c1-22(13-14-24-9-5-4-6-10-24)42-32-20-27(17-18-31(32)41-3)36-21-26-16-15-25(19-30(26)33(36)38)23(2)37-34(39)28-11-7-8-12-29(28)35(37)40/h4-12,15-20,22-23H,13-14,21H2,1-3H3. The lowest BCUT2D eigenvalue weighted by Crippen LogP contribution is -2.32. The molecule has 4 aromatic carbocycles. The van der Waals surface area contributed by atoms with Crippen molar-refractivity contribution in [2.45, 2.75) is 45.4 Å². The van der Waals surface area contributed by atoms with Crippen molar-refractivity contribution >= 4 is 23.4 Å². The molecule has 42 heavy (non-hydrogen) atoms. The number of hydrogen-bond acceptors (Lipinski definition) is 5. The Balaban J connectivity index is 1.19. The highest BCUT2D eigenvalue weighted by atomic mass is 16.5. The molecule has 2 heterocycles. The lowest BCUT2D eigenvalue weighted by molar-refractivity contribution is 0.0595. The first-order valence-electron chi connectivity index (χ1n) is 14.2. The van der Waals surface area contributed by atoms with Crippen molar-refractivity contribution in [1.82, 2.24) is 4.90 Å². The van der Waals surface area contributed by atoms with Gasteiger partial charge in [-0.25, -0.2) is 0 Å². The molecule has 2 aliphatic rings. The molecule has 0 aliphatic carbocycles. The van der Waals surface area contributed by atoms with Gasteiger partial charge in [-0.15, -0.1) is 0 Å². The summed E-state index contributed by atoms with van der Waals surface area (Å²) >= 11 is 0. The van der Waals surface area contributed by atoms with Gasteiger partial charge in [-0.2, -0.15) is 0 Å². The molecule has 2 aliphatic heterocycles. The molecule has 3 amide bonds. The molecule has 6 rings (SSSR count). The van der Waals surface area contributed by atoms with E-state index in [9.17, 15) is 14.4 Å². The van der Waals surface area contributed by atoms with Crippen molar-refractivity contribution in [3.63, 3.8) is 0 Å². The molecule has 0 saturated heterocycles. The van der Waals surface area contributed by atoms with Crippen LogP contribution < -0.4 is 14.4 Å². The Morgan fingerprint density at radius 1 is 0.738 bits per heavy atom. The fourth-order valence-electron chi connectivity index (χ4n) is 5.71. The second-order valence-electron chi connectivity index (χ2n) is 10.8. The molecule has 4 aromatic rings. The molecule has 212 valence electrons. The Hall–Kier alpha value is -4.91. The van der Waals surface area contributed by atoms with E-state index < -0.39 is 6.04 Å². The number of fused-ring (bicyclic) bond motifs is 2. The predicted octanol–water partition coefficient (Wildman–Crippen LogP) is 6.61. The number of carbonyl (C=O) groups excluding carboxylic acids is 3. The van der Waals surface area contributed by atoms with Crippen LogP contribution in [0.25, 0.3) is 0 Å². The molecule has 7 heteroatoms. The van der Waals surface area contributed by atoms with Crippen molar-refractivity contribution in [2.24, 2.45) is 0 Å². The fourth-order valence-corrected chi connectivity index (χ4v) is 5.71. The molecule has 0 fully saturated rings.